The van der Waals surface area contributed by atoms with Crippen LogP contribution in [0.2, 0.25) is 0 Å². The second kappa shape index (κ2) is 10.5. The summed E-state index contributed by atoms with van der Waals surface area (Å²) < 4.78 is 99.1. The SMILES string of the molecule is COc1cnc(-c2c(OC)ncnc2C2CC2)nc1O[C@@H](c1ccc(-c2nc(C(F)(F)F)cn2C)cc1)C(F)(F)F. The van der Waals surface area contributed by atoms with Crippen molar-refractivity contribution in [3.05, 3.63) is 59.9 Å². The zero-order valence-corrected chi connectivity index (χ0v) is 21.8. The maximum absolute atomic E-state index is 14.3. The Hall–Kier alpha value is -4.43. The molecule has 0 N–H and O–H groups in total. The second-order valence-electron chi connectivity index (χ2n) is 9.20. The number of imidazole rings is 1. The van der Waals surface area contributed by atoms with E-state index < -0.39 is 30.0 Å². The third-order valence-electron chi connectivity index (χ3n) is 6.33. The summed E-state index contributed by atoms with van der Waals surface area (Å²) in [6.07, 6.45) is -7.04. The van der Waals surface area contributed by atoms with E-state index in [0.29, 0.717) is 11.3 Å². The normalized spacial score (nSPS) is 14.6. The molecule has 41 heavy (non-hydrogen) atoms. The van der Waals surface area contributed by atoms with E-state index in [4.69, 9.17) is 14.2 Å². The number of hydrogen-bond donors (Lipinski definition) is 0. The molecular weight excluding hydrogens is 558 g/mol. The minimum absolute atomic E-state index is 0.00771. The van der Waals surface area contributed by atoms with Crippen LogP contribution in [-0.2, 0) is 13.2 Å². The number of aryl methyl sites for hydroxylation is 1. The van der Waals surface area contributed by atoms with Crippen LogP contribution in [0, 0.1) is 0 Å². The molecule has 0 spiro atoms. The van der Waals surface area contributed by atoms with E-state index in [9.17, 15) is 26.3 Å². The molecule has 0 bridgehead atoms. The van der Waals surface area contributed by atoms with E-state index in [2.05, 4.69) is 24.9 Å². The van der Waals surface area contributed by atoms with Crippen LogP contribution in [0.5, 0.6) is 17.5 Å². The van der Waals surface area contributed by atoms with Crippen molar-refractivity contribution in [1.82, 2.24) is 29.5 Å². The van der Waals surface area contributed by atoms with Crippen molar-refractivity contribution in [1.29, 1.82) is 0 Å². The fourth-order valence-corrected chi connectivity index (χ4v) is 4.23. The number of rotatable bonds is 8. The van der Waals surface area contributed by atoms with Gasteiger partial charge >= 0.3 is 12.4 Å². The van der Waals surface area contributed by atoms with Crippen LogP contribution < -0.4 is 14.2 Å². The van der Waals surface area contributed by atoms with Crippen LogP contribution in [0.1, 0.15) is 41.8 Å². The highest BCUT2D eigenvalue weighted by Gasteiger charge is 2.44. The van der Waals surface area contributed by atoms with Crippen molar-refractivity contribution in [3.8, 4) is 40.3 Å². The number of alkyl halides is 6. The average Bonchev–Trinajstić information content (AvgIpc) is 3.70. The number of hydrogen-bond acceptors (Lipinski definition) is 8. The monoisotopic (exact) mass is 580 g/mol. The van der Waals surface area contributed by atoms with Gasteiger partial charge in [0.1, 0.15) is 17.7 Å². The van der Waals surface area contributed by atoms with Gasteiger partial charge in [-0.1, -0.05) is 24.3 Å². The highest BCUT2D eigenvalue weighted by molar-refractivity contribution is 5.66. The Morgan fingerprint density at radius 1 is 0.902 bits per heavy atom. The molecular formula is C26H22F6N6O3. The Labute approximate surface area is 229 Å². The Balaban J connectivity index is 1.51. The van der Waals surface area contributed by atoms with Gasteiger partial charge in [0.05, 0.1) is 26.1 Å². The van der Waals surface area contributed by atoms with Crippen LogP contribution in [-0.4, -0.2) is 49.9 Å². The summed E-state index contributed by atoms with van der Waals surface area (Å²) in [5, 5.41) is 0. The molecule has 9 nitrogen and oxygen atoms in total. The van der Waals surface area contributed by atoms with Gasteiger partial charge in [-0.3, -0.25) is 0 Å². The van der Waals surface area contributed by atoms with Gasteiger partial charge in [-0.15, -0.1) is 0 Å². The summed E-state index contributed by atoms with van der Waals surface area (Å²) in [5.74, 6) is -0.451. The summed E-state index contributed by atoms with van der Waals surface area (Å²) in [4.78, 5) is 20.4. The van der Waals surface area contributed by atoms with Gasteiger partial charge in [0.2, 0.25) is 12.0 Å². The molecule has 1 atom stereocenters. The molecule has 0 saturated heterocycles. The summed E-state index contributed by atoms with van der Waals surface area (Å²) in [6, 6.07) is 4.67. The van der Waals surface area contributed by atoms with Gasteiger partial charge in [0, 0.05) is 30.3 Å². The van der Waals surface area contributed by atoms with E-state index in [1.54, 1.807) is 0 Å². The van der Waals surface area contributed by atoms with Crippen molar-refractivity contribution < 1.29 is 40.6 Å². The Morgan fingerprint density at radius 3 is 2.17 bits per heavy atom. The van der Waals surface area contributed by atoms with Crippen molar-refractivity contribution in [2.75, 3.05) is 14.2 Å². The molecule has 1 aliphatic rings. The van der Waals surface area contributed by atoms with Gasteiger partial charge in [0.15, 0.2) is 17.3 Å². The smallest absolute Gasteiger partial charge is 0.434 e. The third-order valence-corrected chi connectivity index (χ3v) is 6.33. The molecule has 0 amide bonds. The molecule has 0 radical (unpaired) electrons. The van der Waals surface area contributed by atoms with Crippen LogP contribution in [0.15, 0.2) is 43.0 Å². The molecule has 1 aromatic carbocycles. The predicted molar refractivity (Wildman–Crippen MR) is 131 cm³/mol. The third kappa shape index (κ3) is 5.74. The molecule has 15 heteroatoms. The lowest BCUT2D eigenvalue weighted by molar-refractivity contribution is -0.199. The van der Waals surface area contributed by atoms with Crippen LogP contribution >= 0.6 is 0 Å². The summed E-state index contributed by atoms with van der Waals surface area (Å²) in [7, 11) is 3.97. The van der Waals surface area contributed by atoms with E-state index in [1.165, 1.54) is 45.9 Å². The van der Waals surface area contributed by atoms with Crippen molar-refractivity contribution in [3.63, 3.8) is 0 Å². The number of benzene rings is 1. The van der Waals surface area contributed by atoms with Gasteiger partial charge < -0.3 is 18.8 Å². The van der Waals surface area contributed by atoms with Crippen LogP contribution in [0.4, 0.5) is 26.3 Å². The van der Waals surface area contributed by atoms with Gasteiger partial charge in [0.25, 0.3) is 5.88 Å². The van der Waals surface area contributed by atoms with E-state index in [0.717, 1.165) is 35.7 Å². The Bertz CT molecular complexity index is 1550. The first-order chi connectivity index (χ1) is 19.4. The number of aromatic nitrogens is 6. The minimum Gasteiger partial charge on any atom is -0.490 e. The quantitative estimate of drug-likeness (QED) is 0.237. The lowest BCUT2D eigenvalue weighted by Crippen LogP contribution is -2.26. The molecule has 0 aliphatic heterocycles. The van der Waals surface area contributed by atoms with E-state index in [-0.39, 0.29) is 40.3 Å². The molecule has 0 unspecified atom stereocenters. The zero-order chi connectivity index (χ0) is 29.5. The molecule has 3 aromatic heterocycles. The topological polar surface area (TPSA) is 97.1 Å². The fraction of sp³-hybridized carbons (Fsp3) is 0.346. The lowest BCUT2D eigenvalue weighted by atomic mass is 10.1. The zero-order valence-electron chi connectivity index (χ0n) is 21.8. The number of halogens is 6. The standard InChI is InChI=1S/C26H22F6N6O3/c1-38-11-17(25(27,28)29)36-22(38)15-8-6-14(7-9-15)20(26(30,31)32)41-23-16(39-2)10-33-21(37-23)18-19(13-4-5-13)34-12-35-24(18)40-3/h6-13,20H,4-5H2,1-3H3/t20-/m0/s1. The Morgan fingerprint density at radius 2 is 1.61 bits per heavy atom. The maximum Gasteiger partial charge on any atom is 0.434 e. The minimum atomic E-state index is -4.91. The lowest BCUT2D eigenvalue weighted by Gasteiger charge is -2.23. The summed E-state index contributed by atoms with van der Waals surface area (Å²) in [5.41, 5.74) is -0.316. The highest BCUT2D eigenvalue weighted by Crippen LogP contribution is 2.46. The van der Waals surface area contributed by atoms with Gasteiger partial charge in [-0.25, -0.2) is 19.9 Å². The van der Waals surface area contributed by atoms with Crippen molar-refractivity contribution in [2.45, 2.75) is 37.2 Å². The first-order valence-corrected chi connectivity index (χ1v) is 12.1. The van der Waals surface area contributed by atoms with E-state index in [1.807, 2.05) is 0 Å². The average molecular weight is 580 g/mol. The van der Waals surface area contributed by atoms with Gasteiger partial charge in [-0.2, -0.15) is 31.3 Å². The largest absolute Gasteiger partial charge is 0.490 e. The summed E-state index contributed by atoms with van der Waals surface area (Å²) >= 11 is 0. The number of methoxy groups -OCH3 is 2. The molecule has 5 rings (SSSR count). The predicted octanol–water partition coefficient (Wildman–Crippen LogP) is 5.93. The molecule has 4 aromatic rings. The second-order valence-corrected chi connectivity index (χ2v) is 9.20. The van der Waals surface area contributed by atoms with Gasteiger partial charge in [-0.05, 0) is 12.8 Å². The maximum atomic E-state index is 14.3. The van der Waals surface area contributed by atoms with Crippen molar-refractivity contribution in [2.24, 2.45) is 7.05 Å². The van der Waals surface area contributed by atoms with E-state index >= 15 is 0 Å². The summed E-state index contributed by atoms with van der Waals surface area (Å²) in [6.45, 7) is 0. The highest BCUT2D eigenvalue weighted by atomic mass is 19.4. The molecule has 1 saturated carbocycles. The molecule has 216 valence electrons. The Kier molecular flexibility index (Phi) is 7.21. The fourth-order valence-electron chi connectivity index (χ4n) is 4.23. The first kappa shape index (κ1) is 28.1. The van der Waals surface area contributed by atoms with Crippen LogP contribution in [0.3, 0.4) is 0 Å². The number of nitrogens with zero attached hydrogens (tertiary/aromatic N) is 6. The number of ether oxygens (including phenoxy) is 3. The van der Waals surface area contributed by atoms with Crippen LogP contribution in [0.25, 0.3) is 22.8 Å². The first-order valence-electron chi connectivity index (χ1n) is 12.1. The molecule has 3 heterocycles. The van der Waals surface area contributed by atoms with Crippen molar-refractivity contribution >= 4 is 0 Å². The molecule has 1 aliphatic carbocycles. The molecule has 1 fully saturated rings.